The van der Waals surface area contributed by atoms with Gasteiger partial charge in [-0.25, -0.2) is 0 Å². The summed E-state index contributed by atoms with van der Waals surface area (Å²) in [6, 6.07) is 22.7. The number of amides is 2. The Balaban J connectivity index is 1.56. The van der Waals surface area contributed by atoms with E-state index in [4.69, 9.17) is 9.47 Å². The number of carbonyl (C=O) groups excluding carboxylic acids is 2. The van der Waals surface area contributed by atoms with Gasteiger partial charge in [0.1, 0.15) is 17.2 Å². The molecule has 0 saturated heterocycles. The van der Waals surface area contributed by atoms with E-state index in [0.717, 1.165) is 23.4 Å². The molecule has 0 unspecified atom stereocenters. The zero-order valence-corrected chi connectivity index (χ0v) is 18.6. The van der Waals surface area contributed by atoms with Gasteiger partial charge in [-0.2, -0.15) is 0 Å². The largest absolute Gasteiger partial charge is 0.497 e. The number of para-hydroxylation sites is 1. The highest BCUT2D eigenvalue weighted by Gasteiger charge is 2.43. The molecule has 3 aromatic carbocycles. The molecule has 0 spiro atoms. The lowest BCUT2D eigenvalue weighted by Crippen LogP contribution is -2.34. The molecule has 2 amide bonds. The molecule has 0 saturated carbocycles. The normalized spacial score (nSPS) is 15.3. The predicted octanol–water partition coefficient (Wildman–Crippen LogP) is 4.05. The molecule has 0 radical (unpaired) electrons. The number of anilines is 1. The van der Waals surface area contributed by atoms with Gasteiger partial charge in [0.15, 0.2) is 0 Å². The molecule has 3 aromatic rings. The first-order chi connectivity index (χ1) is 16.1. The summed E-state index contributed by atoms with van der Waals surface area (Å²) in [5, 5.41) is 0. The number of imide groups is 1. The number of methoxy groups -OCH3 is 2. The van der Waals surface area contributed by atoms with Crippen LogP contribution < -0.4 is 14.4 Å². The van der Waals surface area contributed by atoms with Crippen LogP contribution in [0.2, 0.25) is 0 Å². The number of hydrogen-bond donors (Lipinski definition) is 0. The number of rotatable bonds is 6. The Morgan fingerprint density at radius 2 is 1.42 bits per heavy atom. The van der Waals surface area contributed by atoms with Crippen molar-refractivity contribution in [3.8, 4) is 11.5 Å². The Bertz CT molecular complexity index is 1250. The van der Waals surface area contributed by atoms with Crippen molar-refractivity contribution in [2.75, 3.05) is 25.7 Å². The van der Waals surface area contributed by atoms with E-state index in [1.807, 2.05) is 71.6 Å². The summed E-state index contributed by atoms with van der Waals surface area (Å²) in [5.41, 5.74) is 4.57. The Labute approximate surface area is 192 Å². The van der Waals surface area contributed by atoms with Crippen LogP contribution in [0.4, 0.5) is 5.69 Å². The van der Waals surface area contributed by atoms with Gasteiger partial charge in [0.05, 0.1) is 26.3 Å². The Hall–Kier alpha value is -4.06. The lowest BCUT2D eigenvalue weighted by atomic mass is 10.0. The van der Waals surface area contributed by atoms with E-state index in [2.05, 4.69) is 6.07 Å². The molecule has 0 fully saturated rings. The van der Waals surface area contributed by atoms with E-state index < -0.39 is 0 Å². The average Bonchev–Trinajstić information content (AvgIpc) is 3.38. The van der Waals surface area contributed by atoms with Crippen LogP contribution in [0.3, 0.4) is 0 Å². The van der Waals surface area contributed by atoms with Gasteiger partial charge in [0, 0.05) is 12.2 Å². The minimum absolute atomic E-state index is 0.195. The fourth-order valence-corrected chi connectivity index (χ4v) is 4.46. The Kier molecular flexibility index (Phi) is 5.34. The van der Waals surface area contributed by atoms with Crippen LogP contribution in [0, 0.1) is 0 Å². The summed E-state index contributed by atoms with van der Waals surface area (Å²) in [6.07, 6.45) is 0.829. The Morgan fingerprint density at radius 3 is 2.09 bits per heavy atom. The van der Waals surface area contributed by atoms with Crippen LogP contribution in [0.25, 0.3) is 5.57 Å². The van der Waals surface area contributed by atoms with Gasteiger partial charge in [-0.05, 0) is 53.4 Å². The molecule has 2 aliphatic rings. The molecular formula is C27H24N2O4. The third kappa shape index (κ3) is 3.63. The summed E-state index contributed by atoms with van der Waals surface area (Å²) in [5.74, 6) is 0.849. The van der Waals surface area contributed by atoms with Crippen molar-refractivity contribution in [3.05, 3.63) is 95.2 Å². The average molecular weight is 440 g/mol. The van der Waals surface area contributed by atoms with Crippen LogP contribution in [-0.4, -0.2) is 37.5 Å². The molecule has 166 valence electrons. The van der Waals surface area contributed by atoms with Crippen molar-refractivity contribution in [2.45, 2.75) is 13.0 Å². The Morgan fingerprint density at radius 1 is 0.788 bits per heavy atom. The standard InChI is InChI=1S/C27H24N2O4/c1-32-21-11-7-18(8-12-21)17-29-26(30)24(20-9-13-22(33-2)14-10-20)25(27(29)31)28-16-15-19-5-3-4-6-23(19)28/h3-14H,15-17H2,1-2H3. The van der Waals surface area contributed by atoms with Gasteiger partial charge in [0.25, 0.3) is 11.8 Å². The van der Waals surface area contributed by atoms with E-state index in [9.17, 15) is 9.59 Å². The third-order valence-corrected chi connectivity index (χ3v) is 6.18. The molecule has 0 aliphatic carbocycles. The maximum absolute atomic E-state index is 13.7. The first kappa shape index (κ1) is 20.8. The van der Waals surface area contributed by atoms with Crippen molar-refractivity contribution < 1.29 is 19.1 Å². The molecule has 0 N–H and O–H groups in total. The number of ether oxygens (including phenoxy) is 2. The molecule has 33 heavy (non-hydrogen) atoms. The molecule has 5 rings (SSSR count). The van der Waals surface area contributed by atoms with Crippen LogP contribution >= 0.6 is 0 Å². The van der Waals surface area contributed by atoms with E-state index >= 15 is 0 Å². The highest BCUT2D eigenvalue weighted by Crippen LogP contribution is 2.39. The number of fused-ring (bicyclic) bond motifs is 1. The summed E-state index contributed by atoms with van der Waals surface area (Å²) in [7, 11) is 3.20. The van der Waals surface area contributed by atoms with E-state index in [0.29, 0.717) is 29.1 Å². The van der Waals surface area contributed by atoms with Crippen molar-refractivity contribution >= 4 is 23.1 Å². The molecule has 2 heterocycles. The zero-order valence-electron chi connectivity index (χ0n) is 18.6. The van der Waals surface area contributed by atoms with Crippen molar-refractivity contribution in [3.63, 3.8) is 0 Å². The van der Waals surface area contributed by atoms with Gasteiger partial charge in [-0.1, -0.05) is 42.5 Å². The maximum atomic E-state index is 13.7. The summed E-state index contributed by atoms with van der Waals surface area (Å²) in [6.45, 7) is 0.851. The first-order valence-electron chi connectivity index (χ1n) is 10.8. The second-order valence-electron chi connectivity index (χ2n) is 8.03. The quantitative estimate of drug-likeness (QED) is 0.542. The van der Waals surface area contributed by atoms with Gasteiger partial charge in [-0.3, -0.25) is 14.5 Å². The maximum Gasteiger partial charge on any atom is 0.278 e. The smallest absolute Gasteiger partial charge is 0.278 e. The molecule has 2 aliphatic heterocycles. The summed E-state index contributed by atoms with van der Waals surface area (Å²) < 4.78 is 10.5. The van der Waals surface area contributed by atoms with Crippen molar-refractivity contribution in [2.24, 2.45) is 0 Å². The summed E-state index contributed by atoms with van der Waals surface area (Å²) >= 11 is 0. The fourth-order valence-electron chi connectivity index (χ4n) is 4.46. The van der Waals surface area contributed by atoms with E-state index in [1.165, 1.54) is 10.5 Å². The van der Waals surface area contributed by atoms with Gasteiger partial charge < -0.3 is 14.4 Å². The number of hydrogen-bond acceptors (Lipinski definition) is 5. The van der Waals surface area contributed by atoms with Crippen LogP contribution in [-0.2, 0) is 22.6 Å². The first-order valence-corrected chi connectivity index (χ1v) is 10.8. The molecule has 6 heteroatoms. The van der Waals surface area contributed by atoms with E-state index in [1.54, 1.807) is 14.2 Å². The lowest BCUT2D eigenvalue weighted by Gasteiger charge is -2.22. The van der Waals surface area contributed by atoms with E-state index in [-0.39, 0.29) is 18.4 Å². The number of nitrogens with zero attached hydrogens (tertiary/aromatic N) is 2. The second kappa shape index (κ2) is 8.47. The lowest BCUT2D eigenvalue weighted by molar-refractivity contribution is -0.137. The highest BCUT2D eigenvalue weighted by molar-refractivity contribution is 6.36. The van der Waals surface area contributed by atoms with Crippen molar-refractivity contribution in [1.82, 2.24) is 4.90 Å². The molecular weight excluding hydrogens is 416 g/mol. The van der Waals surface area contributed by atoms with Gasteiger partial charge in [-0.15, -0.1) is 0 Å². The van der Waals surface area contributed by atoms with Crippen LogP contribution in [0.15, 0.2) is 78.5 Å². The molecule has 0 atom stereocenters. The third-order valence-electron chi connectivity index (χ3n) is 6.18. The highest BCUT2D eigenvalue weighted by atomic mass is 16.5. The SMILES string of the molecule is COc1ccc(CN2C(=O)C(c3ccc(OC)cc3)=C(N3CCc4ccccc43)C2=O)cc1. The number of benzene rings is 3. The number of carbonyl (C=O) groups is 2. The second-order valence-corrected chi connectivity index (χ2v) is 8.03. The van der Waals surface area contributed by atoms with Gasteiger partial charge >= 0.3 is 0 Å². The molecule has 0 bridgehead atoms. The minimum atomic E-state index is -0.291. The zero-order chi connectivity index (χ0) is 22.9. The topological polar surface area (TPSA) is 59.1 Å². The minimum Gasteiger partial charge on any atom is -0.497 e. The van der Waals surface area contributed by atoms with Crippen molar-refractivity contribution in [1.29, 1.82) is 0 Å². The van der Waals surface area contributed by atoms with Gasteiger partial charge in [0.2, 0.25) is 0 Å². The van der Waals surface area contributed by atoms with Crippen LogP contribution in [0.1, 0.15) is 16.7 Å². The predicted molar refractivity (Wildman–Crippen MR) is 126 cm³/mol. The van der Waals surface area contributed by atoms with Crippen LogP contribution in [0.5, 0.6) is 11.5 Å². The fraction of sp³-hybridized carbons (Fsp3) is 0.185. The molecule has 0 aromatic heterocycles. The molecule has 6 nitrogen and oxygen atoms in total. The monoisotopic (exact) mass is 440 g/mol. The summed E-state index contributed by atoms with van der Waals surface area (Å²) in [4.78, 5) is 30.7.